The zero-order chi connectivity index (χ0) is 18.7. The summed E-state index contributed by atoms with van der Waals surface area (Å²) in [6.07, 6.45) is 4.43. The Balaban J connectivity index is 1.84. The van der Waals surface area contributed by atoms with Crippen LogP contribution >= 0.6 is 11.3 Å². The van der Waals surface area contributed by atoms with Gasteiger partial charge >= 0.3 is 0 Å². The third-order valence-electron chi connectivity index (χ3n) is 5.07. The van der Waals surface area contributed by atoms with Crippen molar-refractivity contribution in [1.29, 1.82) is 0 Å². The van der Waals surface area contributed by atoms with E-state index in [9.17, 15) is 4.79 Å². The van der Waals surface area contributed by atoms with Gasteiger partial charge < -0.3 is 9.64 Å². The van der Waals surface area contributed by atoms with E-state index < -0.39 is 0 Å². The van der Waals surface area contributed by atoms with Crippen LogP contribution in [0.3, 0.4) is 0 Å². The van der Waals surface area contributed by atoms with Crippen LogP contribution in [-0.2, 0) is 13.0 Å². The van der Waals surface area contributed by atoms with Gasteiger partial charge in [0.15, 0.2) is 0 Å². The Hall–Kier alpha value is -1.88. The molecule has 4 nitrogen and oxygen atoms in total. The molecule has 0 bridgehead atoms. The molecule has 2 aromatic rings. The zero-order valence-electron chi connectivity index (χ0n) is 16.1. The first-order chi connectivity index (χ1) is 12.5. The van der Waals surface area contributed by atoms with E-state index in [1.165, 1.54) is 12.8 Å². The van der Waals surface area contributed by atoms with Crippen LogP contribution in [0.25, 0.3) is 0 Å². The number of methoxy groups -OCH3 is 1. The summed E-state index contributed by atoms with van der Waals surface area (Å²) in [6.45, 7) is 6.91. The second kappa shape index (κ2) is 8.21. The fourth-order valence-corrected chi connectivity index (χ4v) is 4.39. The fraction of sp³-hybridized carbons (Fsp3) is 0.524. The molecule has 3 rings (SSSR count). The molecule has 1 aliphatic carbocycles. The van der Waals surface area contributed by atoms with Crippen LogP contribution in [0.1, 0.15) is 59.0 Å². The van der Waals surface area contributed by atoms with Gasteiger partial charge in [0, 0.05) is 12.6 Å². The van der Waals surface area contributed by atoms with Crippen molar-refractivity contribution in [3.05, 3.63) is 45.4 Å². The number of thiazole rings is 1. The first kappa shape index (κ1) is 18.9. The summed E-state index contributed by atoms with van der Waals surface area (Å²) in [6, 6.07) is 8.25. The maximum Gasteiger partial charge on any atom is 0.266 e. The minimum absolute atomic E-state index is 0.123. The fourth-order valence-electron chi connectivity index (χ4n) is 3.26. The molecule has 1 heterocycles. The van der Waals surface area contributed by atoms with Crippen LogP contribution in [0.15, 0.2) is 24.3 Å². The van der Waals surface area contributed by atoms with Crippen molar-refractivity contribution in [1.82, 2.24) is 9.88 Å². The molecule has 1 fully saturated rings. The Labute approximate surface area is 160 Å². The number of amides is 1. The molecule has 1 aromatic carbocycles. The first-order valence-corrected chi connectivity index (χ1v) is 10.2. The molecule has 0 aliphatic heterocycles. The van der Waals surface area contributed by atoms with E-state index in [4.69, 9.17) is 4.74 Å². The summed E-state index contributed by atoms with van der Waals surface area (Å²) in [4.78, 5) is 20.8. The van der Waals surface area contributed by atoms with Crippen LogP contribution in [0, 0.1) is 12.8 Å². The average molecular weight is 373 g/mol. The van der Waals surface area contributed by atoms with Gasteiger partial charge in [-0.05, 0) is 63.1 Å². The number of hydrogen-bond donors (Lipinski definition) is 0. The molecule has 0 N–H and O–H groups in total. The second-order valence-corrected chi connectivity index (χ2v) is 8.21. The third-order valence-corrected chi connectivity index (χ3v) is 6.27. The quantitative estimate of drug-likeness (QED) is 0.665. The van der Waals surface area contributed by atoms with E-state index in [-0.39, 0.29) is 11.9 Å². The minimum atomic E-state index is 0.123. The Morgan fingerprint density at radius 3 is 2.62 bits per heavy atom. The lowest BCUT2D eigenvalue weighted by atomic mass is 10.1. The number of hydrogen-bond acceptors (Lipinski definition) is 4. The smallest absolute Gasteiger partial charge is 0.266 e. The number of ether oxygens (including phenoxy) is 1. The van der Waals surface area contributed by atoms with Crippen LogP contribution in [0.4, 0.5) is 0 Å². The van der Waals surface area contributed by atoms with Gasteiger partial charge in [0.1, 0.15) is 10.6 Å². The number of carbonyl (C=O) groups is 1. The molecule has 26 heavy (non-hydrogen) atoms. The lowest BCUT2D eigenvalue weighted by Gasteiger charge is -2.29. The van der Waals surface area contributed by atoms with Gasteiger partial charge in [-0.1, -0.05) is 19.1 Å². The van der Waals surface area contributed by atoms with E-state index in [0.29, 0.717) is 12.5 Å². The van der Waals surface area contributed by atoms with Gasteiger partial charge in [0.05, 0.1) is 17.8 Å². The van der Waals surface area contributed by atoms with Gasteiger partial charge in [0.25, 0.3) is 5.91 Å². The van der Waals surface area contributed by atoms with Crippen molar-refractivity contribution in [2.75, 3.05) is 7.11 Å². The van der Waals surface area contributed by atoms with Crippen molar-refractivity contribution in [3.63, 3.8) is 0 Å². The van der Waals surface area contributed by atoms with Crippen LogP contribution in [-0.4, -0.2) is 28.9 Å². The molecule has 0 radical (unpaired) electrons. The van der Waals surface area contributed by atoms with Crippen LogP contribution in [0.5, 0.6) is 5.75 Å². The van der Waals surface area contributed by atoms with E-state index in [1.54, 1.807) is 18.4 Å². The number of nitrogens with zero attached hydrogens (tertiary/aromatic N) is 2. The predicted molar refractivity (Wildman–Crippen MR) is 106 cm³/mol. The Morgan fingerprint density at radius 2 is 2.04 bits per heavy atom. The van der Waals surface area contributed by atoms with Gasteiger partial charge in [-0.3, -0.25) is 4.79 Å². The number of aryl methyl sites for hydroxylation is 2. The van der Waals surface area contributed by atoms with Crippen LogP contribution in [0.2, 0.25) is 0 Å². The van der Waals surface area contributed by atoms with Crippen molar-refractivity contribution in [2.24, 2.45) is 5.92 Å². The Bertz CT molecular complexity index is 750. The predicted octanol–water partition coefficient (Wildman–Crippen LogP) is 4.85. The number of benzene rings is 1. The molecule has 1 saturated carbocycles. The van der Waals surface area contributed by atoms with Crippen LogP contribution < -0.4 is 4.74 Å². The van der Waals surface area contributed by atoms with E-state index >= 15 is 0 Å². The average Bonchev–Trinajstić information content (AvgIpc) is 3.43. The largest absolute Gasteiger partial charge is 0.497 e. The van der Waals surface area contributed by atoms with E-state index in [1.807, 2.05) is 36.1 Å². The van der Waals surface area contributed by atoms with Crippen molar-refractivity contribution in [2.45, 2.75) is 59.0 Å². The number of aromatic nitrogens is 1. The van der Waals surface area contributed by atoms with Crippen molar-refractivity contribution >= 4 is 17.2 Å². The highest BCUT2D eigenvalue weighted by atomic mass is 32.1. The van der Waals surface area contributed by atoms with Gasteiger partial charge in [0.2, 0.25) is 0 Å². The standard InChI is InChI=1S/C21H28N2O2S/c1-5-6-19-22-14(2)20(26-19)21(24)23(15(3)17-9-10-17)13-16-7-11-18(25-4)12-8-16/h7-8,11-12,15,17H,5-6,9-10,13H2,1-4H3. The number of rotatable bonds is 8. The molecule has 1 aliphatic rings. The minimum Gasteiger partial charge on any atom is -0.497 e. The molecule has 140 valence electrons. The highest BCUT2D eigenvalue weighted by Gasteiger charge is 2.35. The summed E-state index contributed by atoms with van der Waals surface area (Å²) in [7, 11) is 1.67. The summed E-state index contributed by atoms with van der Waals surface area (Å²) >= 11 is 1.56. The molecule has 0 spiro atoms. The van der Waals surface area contributed by atoms with Gasteiger partial charge in [-0.25, -0.2) is 4.98 Å². The van der Waals surface area contributed by atoms with E-state index in [2.05, 4.69) is 18.8 Å². The van der Waals surface area contributed by atoms with E-state index in [0.717, 1.165) is 39.7 Å². The lowest BCUT2D eigenvalue weighted by Crippen LogP contribution is -2.39. The normalized spacial score (nSPS) is 14.9. The van der Waals surface area contributed by atoms with Crippen molar-refractivity contribution < 1.29 is 9.53 Å². The SMILES string of the molecule is CCCc1nc(C)c(C(=O)N(Cc2ccc(OC)cc2)C(C)C2CC2)s1. The molecular formula is C21H28N2O2S. The first-order valence-electron chi connectivity index (χ1n) is 9.43. The maximum absolute atomic E-state index is 13.4. The van der Waals surface area contributed by atoms with Gasteiger partial charge in [-0.15, -0.1) is 11.3 Å². The molecule has 0 saturated heterocycles. The summed E-state index contributed by atoms with van der Waals surface area (Å²) in [5.74, 6) is 1.59. The molecule has 1 amide bonds. The molecule has 1 unspecified atom stereocenters. The van der Waals surface area contributed by atoms with Gasteiger partial charge in [-0.2, -0.15) is 0 Å². The number of carbonyl (C=O) groups excluding carboxylic acids is 1. The Kier molecular flexibility index (Phi) is 5.97. The summed E-state index contributed by atoms with van der Waals surface area (Å²) < 4.78 is 5.24. The lowest BCUT2D eigenvalue weighted by molar-refractivity contribution is 0.0658. The topological polar surface area (TPSA) is 42.4 Å². The second-order valence-electron chi connectivity index (χ2n) is 7.13. The highest BCUT2D eigenvalue weighted by molar-refractivity contribution is 7.13. The third kappa shape index (κ3) is 4.26. The van der Waals surface area contributed by atoms with Crippen molar-refractivity contribution in [3.8, 4) is 5.75 Å². The molecular weight excluding hydrogens is 344 g/mol. The monoisotopic (exact) mass is 372 g/mol. The Morgan fingerprint density at radius 1 is 1.35 bits per heavy atom. The highest BCUT2D eigenvalue weighted by Crippen LogP contribution is 2.37. The summed E-state index contributed by atoms with van der Waals surface area (Å²) in [5, 5.41) is 1.07. The maximum atomic E-state index is 13.4. The summed E-state index contributed by atoms with van der Waals surface area (Å²) in [5.41, 5.74) is 1.99. The molecule has 1 aromatic heterocycles. The molecule has 1 atom stereocenters. The zero-order valence-corrected chi connectivity index (χ0v) is 16.9. The molecule has 5 heteroatoms.